The number of nitrogens with two attached hydrogens (primary N) is 1. The lowest BCUT2D eigenvalue weighted by molar-refractivity contribution is 0.0469. The number of alkyl halides is 1. The standard InChI is InChI=1S/C13H15ClF2N2O/c14-10-7-9(1-2-11(10)15)12(19)18-5-3-13(16,8-17)4-6-18/h1-2,7H,3-6,8,17H2/i8D2. The van der Waals surface area contributed by atoms with Crippen LogP contribution in [0.25, 0.3) is 0 Å². The van der Waals surface area contributed by atoms with E-state index in [1.165, 1.54) is 17.0 Å². The van der Waals surface area contributed by atoms with Gasteiger partial charge < -0.3 is 10.6 Å². The van der Waals surface area contributed by atoms with Crippen LogP contribution in [0.1, 0.15) is 25.9 Å². The number of piperidine rings is 1. The van der Waals surface area contributed by atoms with Gasteiger partial charge in [0.1, 0.15) is 11.5 Å². The summed E-state index contributed by atoms with van der Waals surface area (Å²) in [5, 5.41) is -0.156. The number of hydrogen-bond acceptors (Lipinski definition) is 2. The van der Waals surface area contributed by atoms with E-state index in [2.05, 4.69) is 0 Å². The highest BCUT2D eigenvalue weighted by atomic mass is 35.5. The summed E-state index contributed by atoms with van der Waals surface area (Å²) in [6.45, 7) is -2.36. The Bertz CT molecular complexity index is 558. The maximum Gasteiger partial charge on any atom is 0.253 e. The van der Waals surface area contributed by atoms with Crippen LogP contribution in [0.15, 0.2) is 18.2 Å². The lowest BCUT2D eigenvalue weighted by Crippen LogP contribution is -2.47. The summed E-state index contributed by atoms with van der Waals surface area (Å²) in [5.41, 5.74) is 3.27. The average Bonchev–Trinajstić information content (AvgIpc) is 2.41. The second-order valence-electron chi connectivity index (χ2n) is 4.53. The predicted octanol–water partition coefficient (Wildman–Crippen LogP) is 2.38. The number of carbonyl (C=O) groups excluding carboxylic acids is 1. The van der Waals surface area contributed by atoms with Gasteiger partial charge in [-0.05, 0) is 18.2 Å². The van der Waals surface area contributed by atoms with Crippen LogP contribution in [-0.4, -0.2) is 36.1 Å². The van der Waals surface area contributed by atoms with Gasteiger partial charge in [0.25, 0.3) is 5.91 Å². The fourth-order valence-electron chi connectivity index (χ4n) is 2.02. The van der Waals surface area contributed by atoms with Gasteiger partial charge in [-0.2, -0.15) is 0 Å². The van der Waals surface area contributed by atoms with Gasteiger partial charge in [0, 0.05) is 40.7 Å². The van der Waals surface area contributed by atoms with Crippen molar-refractivity contribution >= 4 is 17.5 Å². The van der Waals surface area contributed by atoms with Crippen LogP contribution in [0.5, 0.6) is 0 Å². The number of rotatable bonds is 2. The minimum Gasteiger partial charge on any atom is -0.338 e. The highest BCUT2D eigenvalue weighted by molar-refractivity contribution is 6.31. The van der Waals surface area contributed by atoms with Crippen LogP contribution in [0.3, 0.4) is 0 Å². The van der Waals surface area contributed by atoms with E-state index in [9.17, 15) is 13.6 Å². The summed E-state index contributed by atoms with van der Waals surface area (Å²) in [4.78, 5) is 13.6. The van der Waals surface area contributed by atoms with E-state index in [4.69, 9.17) is 20.1 Å². The summed E-state index contributed by atoms with van der Waals surface area (Å²) in [6, 6.07) is 3.62. The van der Waals surface area contributed by atoms with Crippen molar-refractivity contribution in [1.29, 1.82) is 0 Å². The maximum absolute atomic E-state index is 14.3. The molecule has 0 atom stereocenters. The van der Waals surface area contributed by atoms with Crippen molar-refractivity contribution in [2.75, 3.05) is 19.6 Å². The molecule has 1 aromatic carbocycles. The van der Waals surface area contributed by atoms with Crippen LogP contribution in [0.2, 0.25) is 5.02 Å². The molecule has 0 radical (unpaired) electrons. The molecule has 0 aliphatic carbocycles. The Morgan fingerprint density at radius 2 is 2.16 bits per heavy atom. The number of amides is 1. The first-order chi connectivity index (χ1) is 9.64. The zero-order valence-electron chi connectivity index (χ0n) is 12.1. The van der Waals surface area contributed by atoms with E-state index in [0.717, 1.165) is 6.07 Å². The van der Waals surface area contributed by atoms with E-state index in [-0.39, 0.29) is 36.5 Å². The number of hydrogen-bond donors (Lipinski definition) is 1. The van der Waals surface area contributed by atoms with Crippen molar-refractivity contribution in [3.05, 3.63) is 34.6 Å². The van der Waals surface area contributed by atoms with Gasteiger partial charge in [-0.25, -0.2) is 8.78 Å². The highest BCUT2D eigenvalue weighted by Crippen LogP contribution is 2.26. The van der Waals surface area contributed by atoms with Gasteiger partial charge >= 0.3 is 0 Å². The average molecular weight is 291 g/mol. The van der Waals surface area contributed by atoms with Crippen LogP contribution in [-0.2, 0) is 0 Å². The summed E-state index contributed by atoms with van der Waals surface area (Å²) >= 11 is 5.63. The summed E-state index contributed by atoms with van der Waals surface area (Å²) < 4.78 is 42.0. The van der Waals surface area contributed by atoms with E-state index in [1.54, 1.807) is 0 Å². The molecule has 3 nitrogen and oxygen atoms in total. The van der Waals surface area contributed by atoms with Gasteiger partial charge in [-0.1, -0.05) is 11.6 Å². The zero-order chi connectivity index (χ0) is 15.8. The van der Waals surface area contributed by atoms with Gasteiger partial charge in [-0.3, -0.25) is 4.79 Å². The number of benzene rings is 1. The molecule has 2 rings (SSSR count). The molecule has 0 spiro atoms. The second kappa shape index (κ2) is 5.43. The lowest BCUT2D eigenvalue weighted by atomic mass is 9.93. The van der Waals surface area contributed by atoms with E-state index >= 15 is 0 Å². The fourth-order valence-corrected chi connectivity index (χ4v) is 2.20. The molecule has 1 aliphatic heterocycles. The predicted molar refractivity (Wildman–Crippen MR) is 69.4 cm³/mol. The summed E-state index contributed by atoms with van der Waals surface area (Å²) in [5.74, 6) is -1.01. The van der Waals surface area contributed by atoms with Crippen molar-refractivity contribution in [3.63, 3.8) is 0 Å². The Morgan fingerprint density at radius 1 is 1.53 bits per heavy atom. The molecule has 1 amide bonds. The van der Waals surface area contributed by atoms with Gasteiger partial charge in [0.2, 0.25) is 0 Å². The molecule has 0 saturated carbocycles. The van der Waals surface area contributed by atoms with Crippen molar-refractivity contribution in [2.45, 2.75) is 18.5 Å². The summed E-state index contributed by atoms with van der Waals surface area (Å²) in [6.07, 6.45) is -0.367. The molecular weight excluding hydrogens is 274 g/mol. The summed E-state index contributed by atoms with van der Waals surface area (Å²) in [7, 11) is 0. The van der Waals surface area contributed by atoms with E-state index < -0.39 is 23.9 Å². The monoisotopic (exact) mass is 290 g/mol. The van der Waals surface area contributed by atoms with Crippen molar-refractivity contribution in [2.24, 2.45) is 5.73 Å². The van der Waals surface area contributed by atoms with Gasteiger partial charge in [0.05, 0.1) is 5.02 Å². The minimum absolute atomic E-state index is 0.0427. The molecule has 0 unspecified atom stereocenters. The number of halogens is 3. The number of likely N-dealkylation sites (tertiary alicyclic amines) is 1. The second-order valence-corrected chi connectivity index (χ2v) is 4.94. The zero-order valence-corrected chi connectivity index (χ0v) is 10.9. The van der Waals surface area contributed by atoms with E-state index in [1.807, 2.05) is 0 Å². The van der Waals surface area contributed by atoms with Crippen LogP contribution in [0, 0.1) is 5.82 Å². The first-order valence-electron chi connectivity index (χ1n) is 6.86. The fraction of sp³-hybridized carbons (Fsp3) is 0.462. The number of carbonyl (C=O) groups is 1. The SMILES string of the molecule is [2H]C([2H])(N)C1(F)CCN(C(=O)c2ccc(F)c(Cl)c2)CC1. The Hall–Kier alpha value is -1.20. The van der Waals surface area contributed by atoms with Crippen LogP contribution in [0.4, 0.5) is 8.78 Å². The van der Waals surface area contributed by atoms with Gasteiger partial charge in [0.15, 0.2) is 0 Å². The highest BCUT2D eigenvalue weighted by Gasteiger charge is 2.34. The Morgan fingerprint density at radius 3 is 2.68 bits per heavy atom. The molecule has 1 fully saturated rings. The maximum atomic E-state index is 14.3. The van der Waals surface area contributed by atoms with Crippen molar-refractivity contribution in [3.8, 4) is 0 Å². The third-order valence-corrected chi connectivity index (χ3v) is 3.56. The molecule has 0 aromatic heterocycles. The third kappa shape index (κ3) is 3.04. The quantitative estimate of drug-likeness (QED) is 0.909. The first-order valence-corrected chi connectivity index (χ1v) is 6.24. The smallest absolute Gasteiger partial charge is 0.253 e. The molecule has 6 heteroatoms. The normalized spacial score (nSPS) is 20.7. The first kappa shape index (κ1) is 11.6. The molecule has 104 valence electrons. The third-order valence-electron chi connectivity index (χ3n) is 3.27. The van der Waals surface area contributed by atoms with E-state index in [0.29, 0.717) is 0 Å². The van der Waals surface area contributed by atoms with Crippen LogP contribution >= 0.6 is 11.6 Å². The molecule has 1 saturated heterocycles. The van der Waals surface area contributed by atoms with Gasteiger partial charge in [-0.15, -0.1) is 0 Å². The van der Waals surface area contributed by atoms with Crippen molar-refractivity contribution < 1.29 is 16.3 Å². The Kier molecular flexibility index (Phi) is 3.32. The topological polar surface area (TPSA) is 46.3 Å². The number of nitrogens with zero attached hydrogens (tertiary/aromatic N) is 1. The Labute approximate surface area is 118 Å². The largest absolute Gasteiger partial charge is 0.338 e. The lowest BCUT2D eigenvalue weighted by Gasteiger charge is -2.35. The molecule has 1 aliphatic rings. The minimum atomic E-state index is -2.44. The molecule has 1 aromatic rings. The molecule has 2 N–H and O–H groups in total. The molecule has 1 heterocycles. The molecule has 0 bridgehead atoms. The van der Waals surface area contributed by atoms with Crippen LogP contribution < -0.4 is 5.73 Å². The molecular formula is C13H15ClF2N2O. The Balaban J connectivity index is 2.08. The van der Waals surface area contributed by atoms with Crippen molar-refractivity contribution in [1.82, 2.24) is 4.90 Å². The molecule has 19 heavy (non-hydrogen) atoms.